The zero-order chi connectivity index (χ0) is 20.5. The lowest BCUT2D eigenvalue weighted by Crippen LogP contribution is -2.39. The summed E-state index contributed by atoms with van der Waals surface area (Å²) in [5.74, 6) is -2.30. The van der Waals surface area contributed by atoms with E-state index < -0.39 is 29.6 Å². The van der Waals surface area contributed by atoms with Gasteiger partial charge >= 0.3 is 0 Å². The molecule has 1 aliphatic rings. The molecule has 0 aliphatic carbocycles. The highest BCUT2D eigenvalue weighted by molar-refractivity contribution is 5.95. The van der Waals surface area contributed by atoms with Crippen LogP contribution < -0.4 is 15.8 Å². The van der Waals surface area contributed by atoms with E-state index in [-0.39, 0.29) is 11.3 Å². The second kappa shape index (κ2) is 7.79. The van der Waals surface area contributed by atoms with Crippen LogP contribution in [0.4, 0.5) is 13.2 Å². The monoisotopic (exact) mass is 403 g/mol. The molecular formula is C21H20F3N3O2. The van der Waals surface area contributed by atoms with Gasteiger partial charge in [0.2, 0.25) is 5.91 Å². The van der Waals surface area contributed by atoms with E-state index in [2.05, 4.69) is 10.3 Å². The Balaban J connectivity index is 1.36. The highest BCUT2D eigenvalue weighted by Crippen LogP contribution is 2.32. The first-order valence-electron chi connectivity index (χ1n) is 9.40. The van der Waals surface area contributed by atoms with E-state index in [1.807, 2.05) is 0 Å². The van der Waals surface area contributed by atoms with Crippen LogP contribution in [0.1, 0.15) is 34.3 Å². The van der Waals surface area contributed by atoms with Gasteiger partial charge in [0.1, 0.15) is 11.6 Å². The number of nitrogens with one attached hydrogen (secondary N) is 2. The topological polar surface area (TPSA) is 80.1 Å². The molecule has 3 aromatic rings. The minimum atomic E-state index is -0.615. The van der Waals surface area contributed by atoms with Crippen molar-refractivity contribution >= 4 is 16.8 Å². The fraction of sp³-hybridized carbons (Fsp3) is 0.286. The number of halogens is 3. The van der Waals surface area contributed by atoms with E-state index in [9.17, 15) is 18.0 Å². The maximum absolute atomic E-state index is 14.1. The Labute approximate surface area is 165 Å². The number of hydrogen-bond donors (Lipinski definition) is 3. The summed E-state index contributed by atoms with van der Waals surface area (Å²) in [5.41, 5.74) is 7.24. The zero-order valence-corrected chi connectivity index (χ0v) is 15.5. The van der Waals surface area contributed by atoms with Crippen LogP contribution >= 0.6 is 0 Å². The smallest absolute Gasteiger partial charge is 0.249 e. The molecule has 2 aromatic carbocycles. The molecule has 29 heavy (non-hydrogen) atoms. The van der Waals surface area contributed by atoms with Gasteiger partial charge in [0, 0.05) is 35.2 Å². The minimum Gasteiger partial charge on any atom is -0.472 e. The molecule has 8 heteroatoms. The quantitative estimate of drug-likeness (QED) is 0.551. The maximum atomic E-state index is 14.1. The van der Waals surface area contributed by atoms with Gasteiger partial charge in [0.15, 0.2) is 17.8 Å². The molecule has 4 N–H and O–H groups in total. The van der Waals surface area contributed by atoms with E-state index in [0.29, 0.717) is 48.7 Å². The summed E-state index contributed by atoms with van der Waals surface area (Å²) in [7, 11) is 0. The summed E-state index contributed by atoms with van der Waals surface area (Å²) < 4.78 is 47.0. The Kier molecular flexibility index (Phi) is 5.19. The molecule has 0 bridgehead atoms. The first-order chi connectivity index (χ1) is 13.9. The third-order valence-electron chi connectivity index (χ3n) is 5.18. The number of aromatic amines is 1. The fourth-order valence-electron chi connectivity index (χ4n) is 3.79. The van der Waals surface area contributed by atoms with Crippen molar-refractivity contribution in [2.75, 3.05) is 6.54 Å². The maximum Gasteiger partial charge on any atom is 0.249 e. The molecule has 152 valence electrons. The Morgan fingerprint density at radius 3 is 2.86 bits per heavy atom. The number of primary amides is 1. The van der Waals surface area contributed by atoms with Gasteiger partial charge in [0.25, 0.3) is 0 Å². The lowest BCUT2D eigenvalue weighted by atomic mass is 9.98. The number of hydrogen-bond acceptors (Lipinski definition) is 3. The van der Waals surface area contributed by atoms with Crippen LogP contribution in [0.5, 0.6) is 5.75 Å². The number of carbonyl (C=O) groups is 1. The summed E-state index contributed by atoms with van der Waals surface area (Å²) in [6, 6.07) is 4.72. The number of nitrogens with two attached hydrogens (primary N) is 1. The standard InChI is InChI=1S/C21H20F3N3O2/c22-12-8-15-11(10-27-19(15)17(24)9-12)2-1-7-26-18-6-4-13-14(21(25)28)3-5-16(23)20(13)29-18/h3,5,8-10,18,26-27H,1-2,4,6-7H2,(H2,25,28). The first-order valence-corrected chi connectivity index (χ1v) is 9.40. The average Bonchev–Trinajstić information content (AvgIpc) is 3.08. The van der Waals surface area contributed by atoms with Gasteiger partial charge in [-0.25, -0.2) is 13.2 Å². The predicted molar refractivity (Wildman–Crippen MR) is 102 cm³/mol. The van der Waals surface area contributed by atoms with Crippen molar-refractivity contribution in [1.82, 2.24) is 10.3 Å². The number of benzene rings is 2. The van der Waals surface area contributed by atoms with Gasteiger partial charge in [-0.2, -0.15) is 0 Å². The molecule has 5 nitrogen and oxygen atoms in total. The highest BCUT2D eigenvalue weighted by Gasteiger charge is 2.26. The molecule has 1 unspecified atom stereocenters. The van der Waals surface area contributed by atoms with Gasteiger partial charge in [-0.1, -0.05) is 0 Å². The number of H-pyrrole nitrogens is 1. The van der Waals surface area contributed by atoms with Crippen LogP contribution in [-0.4, -0.2) is 23.7 Å². The SMILES string of the molecule is NC(=O)c1ccc(F)c2c1CCC(NCCCc1c[nH]c3c(F)cc(F)cc13)O2. The molecule has 1 aliphatic heterocycles. The predicted octanol–water partition coefficient (Wildman–Crippen LogP) is 3.56. The molecule has 1 atom stereocenters. The van der Waals surface area contributed by atoms with Gasteiger partial charge in [-0.05, 0) is 49.6 Å². The normalized spacial score (nSPS) is 15.9. The second-order valence-corrected chi connectivity index (χ2v) is 7.09. The van der Waals surface area contributed by atoms with Crippen LogP contribution in [0.3, 0.4) is 0 Å². The van der Waals surface area contributed by atoms with E-state index in [1.54, 1.807) is 6.20 Å². The Morgan fingerprint density at radius 1 is 1.24 bits per heavy atom. The van der Waals surface area contributed by atoms with Crippen LogP contribution in [0.2, 0.25) is 0 Å². The van der Waals surface area contributed by atoms with E-state index in [1.165, 1.54) is 18.2 Å². The number of carbonyl (C=O) groups excluding carboxylic acids is 1. The molecule has 4 rings (SSSR count). The molecule has 0 saturated heterocycles. The lowest BCUT2D eigenvalue weighted by molar-refractivity contribution is 0.0991. The molecule has 0 fully saturated rings. The van der Waals surface area contributed by atoms with Crippen molar-refractivity contribution in [2.24, 2.45) is 5.73 Å². The Hall–Kier alpha value is -3.00. The fourth-order valence-corrected chi connectivity index (χ4v) is 3.79. The molecule has 2 heterocycles. The van der Waals surface area contributed by atoms with E-state index >= 15 is 0 Å². The van der Waals surface area contributed by atoms with Crippen LogP contribution in [-0.2, 0) is 12.8 Å². The van der Waals surface area contributed by atoms with Crippen molar-refractivity contribution in [3.8, 4) is 5.75 Å². The second-order valence-electron chi connectivity index (χ2n) is 7.09. The molecule has 0 radical (unpaired) electrons. The number of aryl methyl sites for hydroxylation is 1. The van der Waals surface area contributed by atoms with Crippen molar-refractivity contribution in [2.45, 2.75) is 31.9 Å². The van der Waals surface area contributed by atoms with Crippen LogP contribution in [0, 0.1) is 17.5 Å². The summed E-state index contributed by atoms with van der Waals surface area (Å²) in [5, 5.41) is 3.74. The molecule has 1 amide bonds. The van der Waals surface area contributed by atoms with Crippen molar-refractivity contribution in [1.29, 1.82) is 0 Å². The Morgan fingerprint density at radius 2 is 2.07 bits per heavy atom. The molecule has 1 aromatic heterocycles. The van der Waals surface area contributed by atoms with Gasteiger partial charge in [-0.15, -0.1) is 0 Å². The summed E-state index contributed by atoms with van der Waals surface area (Å²) >= 11 is 0. The summed E-state index contributed by atoms with van der Waals surface area (Å²) in [4.78, 5) is 14.3. The molecule has 0 saturated carbocycles. The van der Waals surface area contributed by atoms with Crippen LogP contribution in [0.15, 0.2) is 30.5 Å². The lowest BCUT2D eigenvalue weighted by Gasteiger charge is -2.28. The zero-order valence-electron chi connectivity index (χ0n) is 15.5. The Bertz CT molecular complexity index is 1080. The van der Waals surface area contributed by atoms with E-state index in [4.69, 9.17) is 10.5 Å². The number of ether oxygens (including phenoxy) is 1. The minimum absolute atomic E-state index is 0.0626. The van der Waals surface area contributed by atoms with Gasteiger partial charge in [0.05, 0.1) is 5.52 Å². The summed E-state index contributed by atoms with van der Waals surface area (Å²) in [6.45, 7) is 0.571. The van der Waals surface area contributed by atoms with Crippen LogP contribution in [0.25, 0.3) is 10.9 Å². The number of aromatic nitrogens is 1. The third-order valence-corrected chi connectivity index (χ3v) is 5.18. The highest BCUT2D eigenvalue weighted by atomic mass is 19.1. The largest absolute Gasteiger partial charge is 0.472 e. The average molecular weight is 403 g/mol. The first kappa shape index (κ1) is 19.3. The van der Waals surface area contributed by atoms with Gasteiger partial charge < -0.3 is 15.5 Å². The number of amides is 1. The third kappa shape index (κ3) is 3.80. The van der Waals surface area contributed by atoms with Crippen molar-refractivity contribution in [3.63, 3.8) is 0 Å². The van der Waals surface area contributed by atoms with Crippen molar-refractivity contribution < 1.29 is 22.7 Å². The molecular weight excluding hydrogens is 383 g/mol. The van der Waals surface area contributed by atoms with Crippen molar-refractivity contribution in [3.05, 3.63) is 64.6 Å². The number of fused-ring (bicyclic) bond motifs is 2. The van der Waals surface area contributed by atoms with E-state index in [0.717, 1.165) is 11.6 Å². The number of rotatable bonds is 6. The summed E-state index contributed by atoms with van der Waals surface area (Å²) in [6.07, 6.45) is 3.64. The van der Waals surface area contributed by atoms with Gasteiger partial charge in [-0.3, -0.25) is 10.1 Å². The molecule has 0 spiro atoms.